The van der Waals surface area contributed by atoms with Crippen LogP contribution in [0.4, 0.5) is 0 Å². The zero-order valence-corrected chi connectivity index (χ0v) is 11.3. The SMILES string of the molecule is CC1CN(CCCOc2ccccc2)CC(C)O1. The van der Waals surface area contributed by atoms with Gasteiger partial charge in [-0.2, -0.15) is 0 Å². The first-order valence-corrected chi connectivity index (χ1v) is 6.79. The Bertz CT molecular complexity index is 332. The highest BCUT2D eigenvalue weighted by atomic mass is 16.5. The van der Waals surface area contributed by atoms with Crippen LogP contribution in [0.2, 0.25) is 0 Å². The molecule has 0 bridgehead atoms. The third-order valence-corrected chi connectivity index (χ3v) is 3.13. The zero-order valence-electron chi connectivity index (χ0n) is 11.3. The summed E-state index contributed by atoms with van der Waals surface area (Å²) in [5, 5.41) is 0. The molecule has 1 aromatic carbocycles. The second kappa shape index (κ2) is 6.76. The van der Waals surface area contributed by atoms with Gasteiger partial charge in [-0.1, -0.05) is 18.2 Å². The Hall–Kier alpha value is -1.06. The lowest BCUT2D eigenvalue weighted by Crippen LogP contribution is -2.45. The van der Waals surface area contributed by atoms with E-state index < -0.39 is 0 Å². The fourth-order valence-electron chi connectivity index (χ4n) is 2.46. The average Bonchev–Trinajstić information content (AvgIpc) is 2.35. The zero-order chi connectivity index (χ0) is 12.8. The van der Waals surface area contributed by atoms with Gasteiger partial charge in [0, 0.05) is 19.6 Å². The number of nitrogens with zero attached hydrogens (tertiary/aromatic N) is 1. The Morgan fingerprint density at radius 3 is 2.50 bits per heavy atom. The minimum absolute atomic E-state index is 0.351. The smallest absolute Gasteiger partial charge is 0.119 e. The van der Waals surface area contributed by atoms with E-state index in [1.54, 1.807) is 0 Å². The highest BCUT2D eigenvalue weighted by Crippen LogP contribution is 2.12. The predicted molar refractivity (Wildman–Crippen MR) is 73.0 cm³/mol. The van der Waals surface area contributed by atoms with Gasteiger partial charge in [0.1, 0.15) is 5.75 Å². The molecule has 0 spiro atoms. The molecular formula is C15H23NO2. The van der Waals surface area contributed by atoms with Crippen molar-refractivity contribution in [2.45, 2.75) is 32.5 Å². The van der Waals surface area contributed by atoms with Crippen LogP contribution in [-0.4, -0.2) is 43.3 Å². The highest BCUT2D eigenvalue weighted by molar-refractivity contribution is 5.20. The molecule has 1 aliphatic heterocycles. The van der Waals surface area contributed by atoms with E-state index in [1.807, 2.05) is 30.3 Å². The van der Waals surface area contributed by atoms with E-state index in [9.17, 15) is 0 Å². The summed E-state index contributed by atoms with van der Waals surface area (Å²) in [5.41, 5.74) is 0. The Labute approximate surface area is 110 Å². The maximum Gasteiger partial charge on any atom is 0.119 e. The normalized spacial score (nSPS) is 25.0. The van der Waals surface area contributed by atoms with Gasteiger partial charge in [0.15, 0.2) is 0 Å². The van der Waals surface area contributed by atoms with Crippen molar-refractivity contribution in [3.05, 3.63) is 30.3 Å². The second-order valence-electron chi connectivity index (χ2n) is 5.03. The topological polar surface area (TPSA) is 21.7 Å². The Morgan fingerprint density at radius 1 is 1.17 bits per heavy atom. The summed E-state index contributed by atoms with van der Waals surface area (Å²) in [6, 6.07) is 10.0. The fraction of sp³-hybridized carbons (Fsp3) is 0.600. The van der Waals surface area contributed by atoms with Crippen LogP contribution in [0.3, 0.4) is 0 Å². The van der Waals surface area contributed by atoms with Crippen molar-refractivity contribution >= 4 is 0 Å². The molecule has 0 aliphatic carbocycles. The second-order valence-corrected chi connectivity index (χ2v) is 5.03. The predicted octanol–water partition coefficient (Wildman–Crippen LogP) is 2.56. The summed E-state index contributed by atoms with van der Waals surface area (Å²) in [7, 11) is 0. The molecule has 2 unspecified atom stereocenters. The first kappa shape index (κ1) is 13.4. The van der Waals surface area contributed by atoms with Gasteiger partial charge in [-0.05, 0) is 32.4 Å². The Balaban J connectivity index is 1.63. The Kier molecular flexibility index (Phi) is 5.02. The Morgan fingerprint density at radius 2 is 1.83 bits per heavy atom. The van der Waals surface area contributed by atoms with Crippen molar-refractivity contribution in [1.29, 1.82) is 0 Å². The number of morpholine rings is 1. The van der Waals surface area contributed by atoms with Crippen molar-refractivity contribution in [3.8, 4) is 5.75 Å². The van der Waals surface area contributed by atoms with E-state index in [0.29, 0.717) is 12.2 Å². The summed E-state index contributed by atoms with van der Waals surface area (Å²) < 4.78 is 11.4. The number of rotatable bonds is 5. The molecule has 3 nitrogen and oxygen atoms in total. The molecule has 0 amide bonds. The van der Waals surface area contributed by atoms with Crippen LogP contribution >= 0.6 is 0 Å². The number of benzene rings is 1. The number of hydrogen-bond donors (Lipinski definition) is 0. The lowest BCUT2D eigenvalue weighted by Gasteiger charge is -2.35. The maximum absolute atomic E-state index is 5.72. The molecule has 0 saturated carbocycles. The van der Waals surface area contributed by atoms with E-state index in [-0.39, 0.29) is 0 Å². The van der Waals surface area contributed by atoms with Crippen LogP contribution in [-0.2, 0) is 4.74 Å². The summed E-state index contributed by atoms with van der Waals surface area (Å²) in [6.45, 7) is 8.23. The van der Waals surface area contributed by atoms with Gasteiger partial charge >= 0.3 is 0 Å². The lowest BCUT2D eigenvalue weighted by atomic mass is 10.2. The van der Waals surface area contributed by atoms with E-state index in [4.69, 9.17) is 9.47 Å². The van der Waals surface area contributed by atoms with Gasteiger partial charge in [0.25, 0.3) is 0 Å². The van der Waals surface area contributed by atoms with Crippen LogP contribution in [0.25, 0.3) is 0 Å². The van der Waals surface area contributed by atoms with Gasteiger partial charge in [-0.3, -0.25) is 4.90 Å². The monoisotopic (exact) mass is 249 g/mol. The molecule has 1 aromatic rings. The van der Waals surface area contributed by atoms with Crippen molar-refractivity contribution in [2.24, 2.45) is 0 Å². The van der Waals surface area contributed by atoms with Crippen LogP contribution in [0.5, 0.6) is 5.75 Å². The molecule has 18 heavy (non-hydrogen) atoms. The summed E-state index contributed by atoms with van der Waals surface area (Å²) in [6.07, 6.45) is 1.77. The molecule has 0 N–H and O–H groups in total. The first-order valence-electron chi connectivity index (χ1n) is 6.79. The molecule has 0 radical (unpaired) electrons. The first-order chi connectivity index (χ1) is 8.74. The van der Waals surface area contributed by atoms with Gasteiger partial charge in [0.2, 0.25) is 0 Å². The standard InChI is InChI=1S/C15H23NO2/c1-13-11-16(12-14(2)18-13)9-6-10-17-15-7-4-3-5-8-15/h3-5,7-8,13-14H,6,9-12H2,1-2H3. The average molecular weight is 249 g/mol. The van der Waals surface area contributed by atoms with Crippen LogP contribution in [0.1, 0.15) is 20.3 Å². The summed E-state index contributed by atoms with van der Waals surface area (Å²) in [4.78, 5) is 2.47. The summed E-state index contributed by atoms with van der Waals surface area (Å²) in [5.74, 6) is 0.959. The van der Waals surface area contributed by atoms with Crippen molar-refractivity contribution in [3.63, 3.8) is 0 Å². The van der Waals surface area contributed by atoms with Gasteiger partial charge in [-0.15, -0.1) is 0 Å². The molecule has 3 heteroatoms. The third kappa shape index (κ3) is 4.31. The van der Waals surface area contributed by atoms with Crippen molar-refractivity contribution in [2.75, 3.05) is 26.2 Å². The molecule has 0 aromatic heterocycles. The van der Waals surface area contributed by atoms with Crippen LogP contribution in [0, 0.1) is 0 Å². The molecule has 100 valence electrons. The molecule has 1 heterocycles. The van der Waals surface area contributed by atoms with Gasteiger partial charge < -0.3 is 9.47 Å². The molecule has 1 fully saturated rings. The van der Waals surface area contributed by atoms with Crippen LogP contribution < -0.4 is 4.74 Å². The maximum atomic E-state index is 5.72. The number of hydrogen-bond acceptors (Lipinski definition) is 3. The molecule has 1 aliphatic rings. The lowest BCUT2D eigenvalue weighted by molar-refractivity contribution is -0.0686. The minimum atomic E-state index is 0.351. The van der Waals surface area contributed by atoms with E-state index >= 15 is 0 Å². The summed E-state index contributed by atoms with van der Waals surface area (Å²) >= 11 is 0. The van der Waals surface area contributed by atoms with E-state index in [0.717, 1.165) is 38.4 Å². The van der Waals surface area contributed by atoms with E-state index in [2.05, 4.69) is 18.7 Å². The fourth-order valence-corrected chi connectivity index (χ4v) is 2.46. The molecular weight excluding hydrogens is 226 g/mol. The quantitative estimate of drug-likeness (QED) is 0.749. The molecule has 1 saturated heterocycles. The van der Waals surface area contributed by atoms with Crippen molar-refractivity contribution in [1.82, 2.24) is 4.90 Å². The highest BCUT2D eigenvalue weighted by Gasteiger charge is 2.21. The number of para-hydroxylation sites is 1. The largest absolute Gasteiger partial charge is 0.494 e. The minimum Gasteiger partial charge on any atom is -0.494 e. The van der Waals surface area contributed by atoms with Gasteiger partial charge in [-0.25, -0.2) is 0 Å². The van der Waals surface area contributed by atoms with E-state index in [1.165, 1.54) is 0 Å². The van der Waals surface area contributed by atoms with Crippen LogP contribution in [0.15, 0.2) is 30.3 Å². The molecule has 2 atom stereocenters. The third-order valence-electron chi connectivity index (χ3n) is 3.13. The number of ether oxygens (including phenoxy) is 2. The van der Waals surface area contributed by atoms with Gasteiger partial charge in [0.05, 0.1) is 18.8 Å². The van der Waals surface area contributed by atoms with Crippen molar-refractivity contribution < 1.29 is 9.47 Å². The molecule has 2 rings (SSSR count).